The first-order valence-electron chi connectivity index (χ1n) is 7.07. The van der Waals surface area contributed by atoms with Gasteiger partial charge in [-0.2, -0.15) is 11.8 Å². The van der Waals surface area contributed by atoms with E-state index >= 15 is 0 Å². The van der Waals surface area contributed by atoms with Gasteiger partial charge in [-0.05, 0) is 6.42 Å². The molecule has 2 unspecified atom stereocenters. The van der Waals surface area contributed by atoms with Crippen LogP contribution in [0, 0.1) is 0 Å². The molecule has 2 N–H and O–H groups in total. The van der Waals surface area contributed by atoms with Crippen LogP contribution in [0.1, 0.15) is 26.2 Å². The molecule has 0 saturated carbocycles. The molecule has 0 spiro atoms. The first-order valence-corrected chi connectivity index (χ1v) is 8.22. The molecule has 2 atom stereocenters. The van der Waals surface area contributed by atoms with Crippen LogP contribution in [0.25, 0.3) is 0 Å². The van der Waals surface area contributed by atoms with Crippen molar-refractivity contribution >= 4 is 23.6 Å². The highest BCUT2D eigenvalue weighted by molar-refractivity contribution is 7.99. The van der Waals surface area contributed by atoms with Crippen LogP contribution in [-0.2, 0) is 9.59 Å². The standard InChI is InChI=1S/C13H23N3O2S/c1-2-13(18)16-5-3-10(8-16)15-12(17)7-11-9-19-6-4-14-11/h10-11,14H,2-9H2,1H3,(H,15,17). The molecule has 2 rings (SSSR count). The topological polar surface area (TPSA) is 61.4 Å². The predicted octanol–water partition coefficient (Wildman–Crippen LogP) is 0.209. The van der Waals surface area contributed by atoms with Gasteiger partial charge in [-0.1, -0.05) is 6.92 Å². The Labute approximate surface area is 118 Å². The first-order chi connectivity index (χ1) is 9.19. The fraction of sp³-hybridized carbons (Fsp3) is 0.846. The highest BCUT2D eigenvalue weighted by atomic mass is 32.2. The van der Waals surface area contributed by atoms with E-state index in [9.17, 15) is 9.59 Å². The summed E-state index contributed by atoms with van der Waals surface area (Å²) in [5.41, 5.74) is 0. The average molecular weight is 285 g/mol. The molecule has 2 saturated heterocycles. The summed E-state index contributed by atoms with van der Waals surface area (Å²) in [7, 11) is 0. The Hall–Kier alpha value is -0.750. The normalized spacial score (nSPS) is 27.3. The van der Waals surface area contributed by atoms with Crippen LogP contribution in [0.4, 0.5) is 0 Å². The zero-order valence-electron chi connectivity index (χ0n) is 11.5. The molecule has 108 valence electrons. The van der Waals surface area contributed by atoms with Crippen molar-refractivity contribution in [2.75, 3.05) is 31.1 Å². The summed E-state index contributed by atoms with van der Waals surface area (Å²) < 4.78 is 0. The van der Waals surface area contributed by atoms with Crippen molar-refractivity contribution in [3.63, 3.8) is 0 Å². The Balaban J connectivity index is 1.69. The minimum Gasteiger partial charge on any atom is -0.351 e. The van der Waals surface area contributed by atoms with E-state index in [2.05, 4.69) is 10.6 Å². The smallest absolute Gasteiger partial charge is 0.222 e. The number of carbonyl (C=O) groups excluding carboxylic acids is 2. The van der Waals surface area contributed by atoms with Crippen molar-refractivity contribution in [1.29, 1.82) is 0 Å². The van der Waals surface area contributed by atoms with Gasteiger partial charge in [0.1, 0.15) is 0 Å². The number of hydrogen-bond acceptors (Lipinski definition) is 4. The Morgan fingerprint density at radius 1 is 1.47 bits per heavy atom. The van der Waals surface area contributed by atoms with Crippen LogP contribution in [0.5, 0.6) is 0 Å². The highest BCUT2D eigenvalue weighted by Crippen LogP contribution is 2.13. The zero-order valence-corrected chi connectivity index (χ0v) is 12.3. The van der Waals surface area contributed by atoms with Gasteiger partial charge in [-0.3, -0.25) is 9.59 Å². The minimum absolute atomic E-state index is 0.107. The second-order valence-corrected chi connectivity index (χ2v) is 6.33. The molecule has 5 nitrogen and oxygen atoms in total. The van der Waals surface area contributed by atoms with E-state index in [1.54, 1.807) is 0 Å². The monoisotopic (exact) mass is 285 g/mol. The van der Waals surface area contributed by atoms with E-state index in [0.717, 1.165) is 31.0 Å². The van der Waals surface area contributed by atoms with E-state index in [4.69, 9.17) is 0 Å². The second kappa shape index (κ2) is 7.14. The quantitative estimate of drug-likeness (QED) is 0.775. The second-order valence-electron chi connectivity index (χ2n) is 5.18. The predicted molar refractivity (Wildman–Crippen MR) is 77.2 cm³/mol. The van der Waals surface area contributed by atoms with E-state index < -0.39 is 0 Å². The molecule has 0 aliphatic carbocycles. The molecule has 0 radical (unpaired) electrons. The maximum Gasteiger partial charge on any atom is 0.222 e. The van der Waals surface area contributed by atoms with Crippen LogP contribution in [0.3, 0.4) is 0 Å². The van der Waals surface area contributed by atoms with Crippen molar-refractivity contribution in [1.82, 2.24) is 15.5 Å². The Morgan fingerprint density at radius 3 is 3.00 bits per heavy atom. The van der Waals surface area contributed by atoms with Crippen molar-refractivity contribution in [3.05, 3.63) is 0 Å². The molecule has 2 aliphatic heterocycles. The van der Waals surface area contributed by atoms with Gasteiger partial charge in [0.15, 0.2) is 0 Å². The first kappa shape index (κ1) is 14.7. The summed E-state index contributed by atoms with van der Waals surface area (Å²) in [4.78, 5) is 25.4. The summed E-state index contributed by atoms with van der Waals surface area (Å²) in [6.45, 7) is 4.31. The van der Waals surface area contributed by atoms with Crippen molar-refractivity contribution < 1.29 is 9.59 Å². The summed E-state index contributed by atoms with van der Waals surface area (Å²) in [5.74, 6) is 2.44. The number of likely N-dealkylation sites (tertiary alicyclic amines) is 1. The van der Waals surface area contributed by atoms with Gasteiger partial charge >= 0.3 is 0 Å². The Kier molecular flexibility index (Phi) is 5.51. The van der Waals surface area contributed by atoms with Gasteiger partial charge < -0.3 is 15.5 Å². The highest BCUT2D eigenvalue weighted by Gasteiger charge is 2.27. The maximum atomic E-state index is 11.9. The number of thioether (sulfide) groups is 1. The number of nitrogens with one attached hydrogen (secondary N) is 2. The molecule has 2 heterocycles. The SMILES string of the molecule is CCC(=O)N1CCC(NC(=O)CC2CSCCN2)C1. The van der Waals surface area contributed by atoms with Crippen LogP contribution in [-0.4, -0.2) is 59.9 Å². The summed E-state index contributed by atoms with van der Waals surface area (Å²) >= 11 is 1.90. The molecule has 6 heteroatoms. The summed E-state index contributed by atoms with van der Waals surface area (Å²) in [5, 5.41) is 6.42. The van der Waals surface area contributed by atoms with Gasteiger partial charge in [0, 0.05) is 56.1 Å². The molecule has 0 aromatic rings. The van der Waals surface area contributed by atoms with Crippen LogP contribution >= 0.6 is 11.8 Å². The van der Waals surface area contributed by atoms with Crippen LogP contribution in [0.15, 0.2) is 0 Å². The number of rotatable bonds is 4. The molecular weight excluding hydrogens is 262 g/mol. The molecular formula is C13H23N3O2S. The van der Waals surface area contributed by atoms with Crippen molar-refractivity contribution in [3.8, 4) is 0 Å². The molecule has 0 aromatic heterocycles. The lowest BCUT2D eigenvalue weighted by molar-refractivity contribution is -0.130. The van der Waals surface area contributed by atoms with E-state index in [1.165, 1.54) is 0 Å². The largest absolute Gasteiger partial charge is 0.351 e. The molecule has 19 heavy (non-hydrogen) atoms. The lowest BCUT2D eigenvalue weighted by Crippen LogP contribution is -2.44. The van der Waals surface area contributed by atoms with Gasteiger partial charge in [0.25, 0.3) is 0 Å². The third-order valence-electron chi connectivity index (χ3n) is 3.64. The van der Waals surface area contributed by atoms with Crippen LogP contribution in [0.2, 0.25) is 0 Å². The van der Waals surface area contributed by atoms with E-state index in [0.29, 0.717) is 25.4 Å². The number of hydrogen-bond donors (Lipinski definition) is 2. The van der Waals surface area contributed by atoms with Crippen LogP contribution < -0.4 is 10.6 Å². The number of nitrogens with zero attached hydrogens (tertiary/aromatic N) is 1. The fourth-order valence-corrected chi connectivity index (χ4v) is 3.54. The lowest BCUT2D eigenvalue weighted by Gasteiger charge is -2.23. The molecule has 0 aromatic carbocycles. The molecule has 2 amide bonds. The van der Waals surface area contributed by atoms with E-state index in [1.807, 2.05) is 23.6 Å². The number of amides is 2. The van der Waals surface area contributed by atoms with Gasteiger partial charge in [0.05, 0.1) is 0 Å². The summed E-state index contributed by atoms with van der Waals surface area (Å²) in [6, 6.07) is 0.438. The number of carbonyl (C=O) groups is 2. The summed E-state index contributed by atoms with van der Waals surface area (Å²) in [6.07, 6.45) is 1.97. The Morgan fingerprint density at radius 2 is 2.32 bits per heavy atom. The fourth-order valence-electron chi connectivity index (χ4n) is 2.59. The molecule has 2 fully saturated rings. The van der Waals surface area contributed by atoms with E-state index in [-0.39, 0.29) is 17.9 Å². The minimum atomic E-state index is 0.107. The lowest BCUT2D eigenvalue weighted by atomic mass is 10.2. The Bertz CT molecular complexity index is 332. The van der Waals surface area contributed by atoms with Gasteiger partial charge in [-0.25, -0.2) is 0 Å². The third kappa shape index (κ3) is 4.38. The molecule has 2 aliphatic rings. The van der Waals surface area contributed by atoms with Crippen molar-refractivity contribution in [2.45, 2.75) is 38.3 Å². The van der Waals surface area contributed by atoms with Crippen molar-refractivity contribution in [2.24, 2.45) is 0 Å². The van der Waals surface area contributed by atoms with Gasteiger partial charge in [0.2, 0.25) is 11.8 Å². The molecule has 0 bridgehead atoms. The van der Waals surface area contributed by atoms with Gasteiger partial charge in [-0.15, -0.1) is 0 Å². The maximum absolute atomic E-state index is 11.9. The zero-order chi connectivity index (χ0) is 13.7. The third-order valence-corrected chi connectivity index (χ3v) is 4.77. The average Bonchev–Trinajstić information content (AvgIpc) is 2.87.